The maximum Gasteiger partial charge on any atom is 0.335 e. The average molecular weight is 1200 g/mol. The molecule has 1 aliphatic heterocycles. The highest BCUT2D eigenvalue weighted by Gasteiger charge is 2.50. The molecule has 1 heterocycles. The Morgan fingerprint density at radius 3 is 1.15 bits per heavy atom. The first-order valence-electron chi connectivity index (χ1n) is 34.9. The zero-order valence-corrected chi connectivity index (χ0v) is 54.3. The van der Waals surface area contributed by atoms with Crippen molar-refractivity contribution in [2.24, 2.45) is 0 Å². The number of carboxylic acid groups (broad SMARTS) is 1. The number of esters is 3. The third-order valence-corrected chi connectivity index (χ3v) is 15.8. The molecule has 12 heteroatoms. The van der Waals surface area contributed by atoms with Crippen LogP contribution in [-0.4, -0.2) is 89.2 Å². The second-order valence-electron chi connectivity index (χ2n) is 23.8. The van der Waals surface area contributed by atoms with E-state index in [1.165, 1.54) is 122 Å². The Labute approximate surface area is 518 Å². The van der Waals surface area contributed by atoms with Crippen LogP contribution in [0.15, 0.2) is 72.9 Å². The summed E-state index contributed by atoms with van der Waals surface area (Å²) >= 11 is 0. The van der Waals surface area contributed by atoms with Crippen molar-refractivity contribution in [1.82, 2.24) is 0 Å². The molecule has 3 N–H and O–H groups in total. The maximum atomic E-state index is 13.2. The van der Waals surface area contributed by atoms with Gasteiger partial charge in [-0.2, -0.15) is 0 Å². The van der Waals surface area contributed by atoms with E-state index in [1.54, 1.807) is 0 Å². The van der Waals surface area contributed by atoms with Crippen LogP contribution in [0.25, 0.3) is 0 Å². The van der Waals surface area contributed by atoms with Gasteiger partial charge in [-0.1, -0.05) is 280 Å². The number of carbonyl (C=O) groups is 4. The molecule has 6 unspecified atom stereocenters. The lowest BCUT2D eigenvalue weighted by Gasteiger charge is -2.40. The first-order valence-corrected chi connectivity index (χ1v) is 34.9. The van der Waals surface area contributed by atoms with Crippen LogP contribution in [0.3, 0.4) is 0 Å². The Balaban J connectivity index is 2.64. The van der Waals surface area contributed by atoms with Crippen LogP contribution in [0.1, 0.15) is 316 Å². The number of carbonyl (C=O) groups excluding carboxylic acids is 3. The van der Waals surface area contributed by atoms with Crippen molar-refractivity contribution in [2.45, 2.75) is 353 Å². The van der Waals surface area contributed by atoms with Crippen molar-refractivity contribution in [3.05, 3.63) is 72.9 Å². The first-order chi connectivity index (χ1) is 41.6. The molecule has 490 valence electrons. The van der Waals surface area contributed by atoms with Gasteiger partial charge < -0.3 is 39.0 Å². The van der Waals surface area contributed by atoms with Gasteiger partial charge in [-0.25, -0.2) is 4.79 Å². The molecular formula is C73H126O12. The maximum absolute atomic E-state index is 13.2. The van der Waals surface area contributed by atoms with Crippen molar-refractivity contribution < 1.29 is 58.2 Å². The Hall–Kier alpha value is -3.84. The Kier molecular flexibility index (Phi) is 56.3. The number of allylic oxidation sites excluding steroid dienone is 12. The lowest BCUT2D eigenvalue weighted by atomic mass is 9.98. The summed E-state index contributed by atoms with van der Waals surface area (Å²) in [5, 5.41) is 31.7. The highest BCUT2D eigenvalue weighted by atomic mass is 16.7. The number of carboxylic acids is 1. The van der Waals surface area contributed by atoms with Crippen molar-refractivity contribution >= 4 is 23.9 Å². The third kappa shape index (κ3) is 49.8. The molecule has 0 amide bonds. The number of unbranched alkanes of at least 4 members (excludes halogenated alkanes) is 34. The van der Waals surface area contributed by atoms with Gasteiger partial charge in [-0.15, -0.1) is 0 Å². The van der Waals surface area contributed by atoms with Gasteiger partial charge in [0.1, 0.15) is 18.8 Å². The zero-order chi connectivity index (χ0) is 61.7. The molecule has 0 saturated carbocycles. The lowest BCUT2D eigenvalue weighted by Crippen LogP contribution is -2.61. The number of aliphatic hydroxyl groups is 2. The number of rotatable bonds is 60. The van der Waals surface area contributed by atoms with Gasteiger partial charge in [-0.3, -0.25) is 14.4 Å². The topological polar surface area (TPSA) is 175 Å². The van der Waals surface area contributed by atoms with E-state index in [4.69, 9.17) is 23.7 Å². The molecule has 0 aromatic carbocycles. The fourth-order valence-corrected chi connectivity index (χ4v) is 10.5. The number of hydrogen-bond donors (Lipinski definition) is 3. The summed E-state index contributed by atoms with van der Waals surface area (Å²) in [7, 11) is 0. The van der Waals surface area contributed by atoms with Gasteiger partial charge in [0, 0.05) is 19.3 Å². The molecule has 0 spiro atoms. The van der Waals surface area contributed by atoms with Crippen LogP contribution < -0.4 is 0 Å². The summed E-state index contributed by atoms with van der Waals surface area (Å²) in [4.78, 5) is 51.5. The van der Waals surface area contributed by atoms with Gasteiger partial charge in [0.15, 0.2) is 24.6 Å². The second-order valence-corrected chi connectivity index (χ2v) is 23.8. The molecule has 0 aromatic heterocycles. The molecule has 1 rings (SSSR count). The standard InChI is InChI=1S/C73H126O12/c1-4-7-10-13-16-19-22-25-28-31-33-36-38-41-44-47-50-53-56-59-65(74)81-62-64(83-66(75)60-57-54-51-48-45-42-40-37-34-32-29-26-23-20-17-14-11-8-5-2)63-82-73-71(69(78)68(77)70(85-73)72(79)80)84-67(76)61-58-55-52-49-46-43-39-35-30-27-24-21-18-15-12-9-6-3/h9,12,16,18-19,21,25,27-28,30,33,36,64,68-71,73,77-78H,4-8,10-11,13-15,17,20,22-24,26,29,31-32,34-35,37-63H2,1-3H3,(H,79,80)/b12-9-,19-16-,21-18-,28-25-,30-27-,36-33-. The van der Waals surface area contributed by atoms with E-state index in [-0.39, 0.29) is 25.9 Å². The summed E-state index contributed by atoms with van der Waals surface area (Å²) in [6.45, 7) is 5.90. The Morgan fingerprint density at radius 2 is 0.741 bits per heavy atom. The SMILES string of the molecule is CC/C=C\C/C=C\C/C=C\CCCCCCCCCC(=O)OC1C(OCC(COC(=O)CCCCCCCC/C=C\C/C=C\C/C=C\CCCCC)OC(=O)CCCCCCCCCCCCCCCCCCCCC)OC(C(=O)O)C(O)C1O. The van der Waals surface area contributed by atoms with Gasteiger partial charge in [0.05, 0.1) is 6.61 Å². The summed E-state index contributed by atoms with van der Waals surface area (Å²) in [5.41, 5.74) is 0. The number of aliphatic hydroxyl groups excluding tert-OH is 2. The Morgan fingerprint density at radius 1 is 0.400 bits per heavy atom. The zero-order valence-electron chi connectivity index (χ0n) is 54.3. The van der Waals surface area contributed by atoms with Gasteiger partial charge in [0.25, 0.3) is 0 Å². The monoisotopic (exact) mass is 1190 g/mol. The van der Waals surface area contributed by atoms with Crippen LogP contribution in [-0.2, 0) is 42.9 Å². The third-order valence-electron chi connectivity index (χ3n) is 15.8. The van der Waals surface area contributed by atoms with Crippen molar-refractivity contribution in [2.75, 3.05) is 13.2 Å². The fourth-order valence-electron chi connectivity index (χ4n) is 10.5. The fraction of sp³-hybridized carbons (Fsp3) is 0.781. The van der Waals surface area contributed by atoms with E-state index in [2.05, 4.69) is 93.7 Å². The highest BCUT2D eigenvalue weighted by molar-refractivity contribution is 5.74. The number of hydrogen-bond acceptors (Lipinski definition) is 11. The van der Waals surface area contributed by atoms with Crippen LogP contribution in [0.4, 0.5) is 0 Å². The molecular weight excluding hydrogens is 1070 g/mol. The predicted molar refractivity (Wildman–Crippen MR) is 349 cm³/mol. The lowest BCUT2D eigenvalue weighted by molar-refractivity contribution is -0.301. The van der Waals surface area contributed by atoms with Gasteiger partial charge in [-0.05, 0) is 89.9 Å². The molecule has 85 heavy (non-hydrogen) atoms. The summed E-state index contributed by atoms with van der Waals surface area (Å²) < 4.78 is 28.6. The van der Waals surface area contributed by atoms with E-state index >= 15 is 0 Å². The molecule has 0 aliphatic carbocycles. The quantitative estimate of drug-likeness (QED) is 0.0228. The van der Waals surface area contributed by atoms with E-state index < -0.39 is 67.3 Å². The minimum atomic E-state index is -1.91. The summed E-state index contributed by atoms with van der Waals surface area (Å²) in [5.74, 6) is -3.12. The second kappa shape index (κ2) is 60.4. The van der Waals surface area contributed by atoms with Crippen molar-refractivity contribution in [3.63, 3.8) is 0 Å². The van der Waals surface area contributed by atoms with Crippen molar-refractivity contribution in [1.29, 1.82) is 0 Å². The van der Waals surface area contributed by atoms with Crippen LogP contribution in [0, 0.1) is 0 Å². The van der Waals surface area contributed by atoms with E-state index in [9.17, 15) is 34.5 Å². The highest BCUT2D eigenvalue weighted by Crippen LogP contribution is 2.27. The van der Waals surface area contributed by atoms with Crippen LogP contribution >= 0.6 is 0 Å². The van der Waals surface area contributed by atoms with E-state index in [0.717, 1.165) is 135 Å². The average Bonchev–Trinajstić information content (AvgIpc) is 2.83. The summed E-state index contributed by atoms with van der Waals surface area (Å²) in [6, 6.07) is 0. The van der Waals surface area contributed by atoms with Crippen LogP contribution in [0.5, 0.6) is 0 Å². The van der Waals surface area contributed by atoms with Crippen LogP contribution in [0.2, 0.25) is 0 Å². The Bertz CT molecular complexity index is 1750. The molecule has 0 bridgehead atoms. The molecule has 1 aliphatic rings. The predicted octanol–water partition coefficient (Wildman–Crippen LogP) is 19.2. The summed E-state index contributed by atoms with van der Waals surface area (Å²) in [6.07, 6.45) is 65.6. The first kappa shape index (κ1) is 79.2. The largest absolute Gasteiger partial charge is 0.479 e. The smallest absolute Gasteiger partial charge is 0.335 e. The molecule has 0 aromatic rings. The molecule has 1 saturated heterocycles. The van der Waals surface area contributed by atoms with Gasteiger partial charge >= 0.3 is 23.9 Å². The minimum Gasteiger partial charge on any atom is -0.479 e. The normalized spacial score (nSPS) is 17.9. The minimum absolute atomic E-state index is 0.0477. The van der Waals surface area contributed by atoms with Gasteiger partial charge in [0.2, 0.25) is 0 Å². The molecule has 6 atom stereocenters. The number of ether oxygens (including phenoxy) is 5. The molecule has 1 fully saturated rings. The molecule has 12 nitrogen and oxygen atoms in total. The van der Waals surface area contributed by atoms with E-state index in [1.807, 2.05) is 0 Å². The molecule has 0 radical (unpaired) electrons. The van der Waals surface area contributed by atoms with Crippen molar-refractivity contribution in [3.8, 4) is 0 Å². The van der Waals surface area contributed by atoms with E-state index in [0.29, 0.717) is 19.3 Å². The number of aliphatic carboxylic acids is 1.